The maximum absolute atomic E-state index is 11.0. The molecule has 2 fully saturated rings. The highest BCUT2D eigenvalue weighted by Crippen LogP contribution is 2.50. The Morgan fingerprint density at radius 1 is 1.44 bits per heavy atom. The molecule has 0 radical (unpaired) electrons. The third-order valence-electron chi connectivity index (χ3n) is 4.59. The molecule has 0 aromatic carbocycles. The van der Waals surface area contributed by atoms with Gasteiger partial charge in [-0.25, -0.2) is 0 Å². The predicted octanol–water partition coefficient (Wildman–Crippen LogP) is 3.34. The molecule has 18 heavy (non-hydrogen) atoms. The number of halogens is 1. The maximum atomic E-state index is 11.0. The van der Waals surface area contributed by atoms with Crippen LogP contribution in [0.3, 0.4) is 0 Å². The van der Waals surface area contributed by atoms with E-state index in [9.17, 15) is 5.11 Å². The lowest BCUT2D eigenvalue weighted by atomic mass is 9.74. The topological polar surface area (TPSA) is 38.0 Å². The van der Waals surface area contributed by atoms with Gasteiger partial charge in [-0.3, -0.25) is 4.68 Å². The van der Waals surface area contributed by atoms with E-state index in [1.54, 1.807) is 6.20 Å². The number of aryl methyl sites for hydroxylation is 1. The largest absolute Gasteiger partial charge is 0.384 e. The molecule has 2 saturated carbocycles. The van der Waals surface area contributed by atoms with Crippen LogP contribution in [0.1, 0.15) is 51.1 Å². The lowest BCUT2D eigenvalue weighted by Gasteiger charge is -2.37. The molecule has 3 nitrogen and oxygen atoms in total. The van der Waals surface area contributed by atoms with E-state index in [0.717, 1.165) is 37.4 Å². The van der Waals surface area contributed by atoms with Crippen LogP contribution in [0.2, 0.25) is 5.02 Å². The van der Waals surface area contributed by atoms with Gasteiger partial charge in [-0.2, -0.15) is 5.10 Å². The van der Waals surface area contributed by atoms with E-state index in [4.69, 9.17) is 11.6 Å². The van der Waals surface area contributed by atoms with Gasteiger partial charge in [0.2, 0.25) is 0 Å². The van der Waals surface area contributed by atoms with Gasteiger partial charge >= 0.3 is 0 Å². The highest BCUT2D eigenvalue weighted by molar-refractivity contribution is 6.31. The fourth-order valence-corrected chi connectivity index (χ4v) is 3.86. The molecule has 2 unspecified atom stereocenters. The van der Waals surface area contributed by atoms with Crippen LogP contribution in [0.25, 0.3) is 0 Å². The smallest absolute Gasteiger partial charge is 0.108 e. The van der Waals surface area contributed by atoms with Gasteiger partial charge in [0.1, 0.15) is 5.60 Å². The van der Waals surface area contributed by atoms with Gasteiger partial charge in [0, 0.05) is 6.54 Å². The molecule has 4 heteroatoms. The van der Waals surface area contributed by atoms with Gasteiger partial charge in [0.05, 0.1) is 16.9 Å². The summed E-state index contributed by atoms with van der Waals surface area (Å²) in [5.41, 5.74) is 0.0896. The van der Waals surface area contributed by atoms with Crippen molar-refractivity contribution in [3.05, 3.63) is 16.9 Å². The van der Waals surface area contributed by atoms with Crippen molar-refractivity contribution in [3.8, 4) is 0 Å². The van der Waals surface area contributed by atoms with Crippen molar-refractivity contribution in [1.29, 1.82) is 0 Å². The second-order valence-corrected chi connectivity index (χ2v) is 6.29. The van der Waals surface area contributed by atoms with Crippen molar-refractivity contribution in [1.82, 2.24) is 9.78 Å². The van der Waals surface area contributed by atoms with Gasteiger partial charge in [-0.15, -0.1) is 0 Å². The van der Waals surface area contributed by atoms with Crippen LogP contribution in [0.4, 0.5) is 0 Å². The Balaban J connectivity index is 1.90. The van der Waals surface area contributed by atoms with Crippen LogP contribution in [0.15, 0.2) is 6.20 Å². The Morgan fingerprint density at radius 2 is 2.22 bits per heavy atom. The van der Waals surface area contributed by atoms with E-state index >= 15 is 0 Å². The summed E-state index contributed by atoms with van der Waals surface area (Å²) in [6.45, 7) is 2.80. The minimum Gasteiger partial charge on any atom is -0.384 e. The van der Waals surface area contributed by atoms with Crippen LogP contribution in [0.5, 0.6) is 0 Å². The number of rotatable bonds is 3. The first-order chi connectivity index (χ1) is 8.64. The van der Waals surface area contributed by atoms with Gasteiger partial charge in [-0.05, 0) is 57.3 Å². The summed E-state index contributed by atoms with van der Waals surface area (Å²) in [5.74, 6) is 1.54. The highest BCUT2D eigenvalue weighted by Gasteiger charge is 2.44. The molecular formula is C14H21ClN2O. The molecule has 0 aliphatic heterocycles. The minimum atomic E-state index is -0.755. The number of nitrogens with zero attached hydrogens (tertiary/aromatic N) is 2. The molecule has 1 aromatic heterocycles. The molecule has 0 bridgehead atoms. The van der Waals surface area contributed by atoms with Crippen LogP contribution < -0.4 is 0 Å². The minimum absolute atomic E-state index is 0.621. The number of hydrogen-bond donors (Lipinski definition) is 1. The van der Waals surface area contributed by atoms with E-state index in [1.807, 2.05) is 11.6 Å². The molecule has 100 valence electrons. The predicted molar refractivity (Wildman–Crippen MR) is 71.5 cm³/mol. The van der Waals surface area contributed by atoms with E-state index in [2.05, 4.69) is 5.10 Å². The number of aromatic nitrogens is 2. The summed E-state index contributed by atoms with van der Waals surface area (Å²) < 4.78 is 1.86. The maximum Gasteiger partial charge on any atom is 0.108 e. The summed E-state index contributed by atoms with van der Waals surface area (Å²) in [6.07, 6.45) is 8.42. The molecule has 3 rings (SSSR count). The molecule has 1 aromatic rings. The monoisotopic (exact) mass is 268 g/mol. The van der Waals surface area contributed by atoms with Crippen molar-refractivity contribution in [2.24, 2.45) is 11.8 Å². The van der Waals surface area contributed by atoms with Gasteiger partial charge in [0.25, 0.3) is 0 Å². The van der Waals surface area contributed by atoms with Crippen LogP contribution >= 0.6 is 11.6 Å². The lowest BCUT2D eigenvalue weighted by molar-refractivity contribution is -0.0321. The first kappa shape index (κ1) is 12.5. The molecule has 0 amide bonds. The summed E-state index contributed by atoms with van der Waals surface area (Å²) in [5, 5.41) is 15.9. The normalized spacial score (nSPS) is 32.7. The second kappa shape index (κ2) is 4.53. The molecule has 0 saturated heterocycles. The van der Waals surface area contributed by atoms with Crippen molar-refractivity contribution in [2.75, 3.05) is 0 Å². The van der Waals surface area contributed by atoms with Gasteiger partial charge in [0.15, 0.2) is 0 Å². The van der Waals surface area contributed by atoms with E-state index in [-0.39, 0.29) is 0 Å². The number of hydrogen-bond acceptors (Lipinski definition) is 2. The molecule has 2 aliphatic rings. The molecule has 0 spiro atoms. The zero-order valence-corrected chi connectivity index (χ0v) is 11.7. The SMILES string of the molecule is CCn1ncc(Cl)c1C1(O)CCCC(C2CC2)C1. The summed E-state index contributed by atoms with van der Waals surface area (Å²) in [4.78, 5) is 0. The first-order valence-corrected chi connectivity index (χ1v) is 7.46. The van der Waals surface area contributed by atoms with Crippen molar-refractivity contribution < 1.29 is 5.11 Å². The van der Waals surface area contributed by atoms with Crippen molar-refractivity contribution >= 4 is 11.6 Å². The molecule has 2 atom stereocenters. The average Bonchev–Trinajstić information content (AvgIpc) is 3.12. The highest BCUT2D eigenvalue weighted by atomic mass is 35.5. The van der Waals surface area contributed by atoms with Crippen LogP contribution in [-0.2, 0) is 12.1 Å². The first-order valence-electron chi connectivity index (χ1n) is 7.08. The Morgan fingerprint density at radius 3 is 2.89 bits per heavy atom. The van der Waals surface area contributed by atoms with Crippen molar-refractivity contribution in [2.45, 2.75) is 57.6 Å². The van der Waals surface area contributed by atoms with Gasteiger partial charge in [-0.1, -0.05) is 11.6 Å². The molecule has 1 heterocycles. The second-order valence-electron chi connectivity index (χ2n) is 5.88. The van der Waals surface area contributed by atoms with Crippen LogP contribution in [0, 0.1) is 11.8 Å². The van der Waals surface area contributed by atoms with Crippen LogP contribution in [-0.4, -0.2) is 14.9 Å². The summed E-state index contributed by atoms with van der Waals surface area (Å²) in [7, 11) is 0. The molecule has 2 aliphatic carbocycles. The molecular weight excluding hydrogens is 248 g/mol. The molecule has 1 N–H and O–H groups in total. The zero-order chi connectivity index (χ0) is 12.8. The Hall–Kier alpha value is -0.540. The quantitative estimate of drug-likeness (QED) is 0.913. The summed E-state index contributed by atoms with van der Waals surface area (Å²) >= 11 is 6.25. The van der Waals surface area contributed by atoms with Crippen molar-refractivity contribution in [3.63, 3.8) is 0 Å². The fraction of sp³-hybridized carbons (Fsp3) is 0.786. The van der Waals surface area contributed by atoms with E-state index in [1.165, 1.54) is 19.3 Å². The Bertz CT molecular complexity index is 441. The third-order valence-corrected chi connectivity index (χ3v) is 4.87. The summed E-state index contributed by atoms with van der Waals surface area (Å²) in [6, 6.07) is 0. The Kier molecular flexibility index (Phi) is 3.15. The standard InChI is InChI=1S/C14H21ClN2O/c1-2-17-13(12(15)9-16-17)14(18)7-3-4-11(8-14)10-5-6-10/h9-11,18H,2-8H2,1H3. The van der Waals surface area contributed by atoms with Gasteiger partial charge < -0.3 is 5.11 Å². The lowest BCUT2D eigenvalue weighted by Crippen LogP contribution is -2.36. The fourth-order valence-electron chi connectivity index (χ4n) is 3.54. The van der Waals surface area contributed by atoms with E-state index < -0.39 is 5.60 Å². The number of aliphatic hydroxyl groups is 1. The Labute approximate surface area is 113 Å². The zero-order valence-electron chi connectivity index (χ0n) is 10.9. The third kappa shape index (κ3) is 2.08. The average molecular weight is 269 g/mol. The van der Waals surface area contributed by atoms with E-state index in [0.29, 0.717) is 10.9 Å².